The maximum atomic E-state index is 13.2. The van der Waals surface area contributed by atoms with Gasteiger partial charge in [-0.3, -0.25) is 4.79 Å². The lowest BCUT2D eigenvalue weighted by atomic mass is 10.0. The molecule has 3 aromatic rings. The van der Waals surface area contributed by atoms with Crippen molar-refractivity contribution in [3.63, 3.8) is 0 Å². The highest BCUT2D eigenvalue weighted by atomic mass is 32.2. The summed E-state index contributed by atoms with van der Waals surface area (Å²) in [6.07, 6.45) is 1.22. The molecule has 3 N–H and O–H groups in total. The van der Waals surface area contributed by atoms with Crippen molar-refractivity contribution in [3.05, 3.63) is 46.1 Å². The summed E-state index contributed by atoms with van der Waals surface area (Å²) >= 11 is 0. The average molecular weight is 403 g/mol. The second kappa shape index (κ2) is 6.84. The van der Waals surface area contributed by atoms with Gasteiger partial charge in [-0.05, 0) is 56.9 Å². The first-order chi connectivity index (χ1) is 13.3. The van der Waals surface area contributed by atoms with Crippen molar-refractivity contribution in [3.8, 4) is 11.1 Å². The number of aliphatic hydroxyl groups excluding tert-OH is 1. The summed E-state index contributed by atoms with van der Waals surface area (Å²) in [5.41, 5.74) is 1.96. The fourth-order valence-electron chi connectivity index (χ4n) is 3.84. The van der Waals surface area contributed by atoms with E-state index >= 15 is 0 Å². The first kappa shape index (κ1) is 18.9. The minimum atomic E-state index is -3.94. The number of hydrogen-bond donors (Lipinski definition) is 3. The van der Waals surface area contributed by atoms with Crippen LogP contribution in [0.2, 0.25) is 0 Å². The van der Waals surface area contributed by atoms with Crippen molar-refractivity contribution in [2.24, 2.45) is 0 Å². The summed E-state index contributed by atoms with van der Waals surface area (Å²) in [4.78, 5) is 14.5. The van der Waals surface area contributed by atoms with Crippen molar-refractivity contribution in [2.45, 2.75) is 50.2 Å². The molecule has 148 valence electrons. The van der Waals surface area contributed by atoms with Gasteiger partial charge in [-0.1, -0.05) is 5.16 Å². The third kappa shape index (κ3) is 3.25. The minimum absolute atomic E-state index is 0.0374. The van der Waals surface area contributed by atoms with Crippen LogP contribution in [-0.2, 0) is 10.0 Å². The van der Waals surface area contributed by atoms with E-state index in [0.29, 0.717) is 46.3 Å². The van der Waals surface area contributed by atoms with E-state index in [-0.39, 0.29) is 10.5 Å². The standard InChI is InChI=1S/C19H21N3O5S/c1-10-19(11(2)27-21-10)12-8-15-13(6-7-18(24)20-15)17(9-12)28(25,26)22-14-4-3-5-16(14)23/h6-9,14,16,22-23H,3-5H2,1-2H3,(H,20,24)/t14-,16-/m1/s1. The Kier molecular flexibility index (Phi) is 4.60. The van der Waals surface area contributed by atoms with Crippen LogP contribution in [0.25, 0.3) is 22.0 Å². The van der Waals surface area contributed by atoms with Crippen LogP contribution in [0.5, 0.6) is 0 Å². The molecule has 2 atom stereocenters. The number of fused-ring (bicyclic) bond motifs is 1. The molecule has 0 bridgehead atoms. The molecule has 1 saturated carbocycles. The van der Waals surface area contributed by atoms with Crippen LogP contribution < -0.4 is 10.3 Å². The summed E-state index contributed by atoms with van der Waals surface area (Å²) in [7, 11) is -3.94. The average Bonchev–Trinajstić information content (AvgIpc) is 3.18. The van der Waals surface area contributed by atoms with Gasteiger partial charge in [0.05, 0.1) is 22.2 Å². The van der Waals surface area contributed by atoms with E-state index in [9.17, 15) is 18.3 Å². The Morgan fingerprint density at radius 3 is 2.68 bits per heavy atom. The van der Waals surface area contributed by atoms with Crippen LogP contribution in [0.1, 0.15) is 30.7 Å². The molecule has 0 amide bonds. The van der Waals surface area contributed by atoms with Crippen molar-refractivity contribution in [2.75, 3.05) is 0 Å². The van der Waals surface area contributed by atoms with E-state index < -0.39 is 22.2 Å². The zero-order chi connectivity index (χ0) is 20.1. The number of aryl methyl sites for hydroxylation is 2. The molecule has 0 saturated heterocycles. The highest BCUT2D eigenvalue weighted by molar-refractivity contribution is 7.89. The number of aromatic nitrogens is 2. The maximum absolute atomic E-state index is 13.2. The van der Waals surface area contributed by atoms with E-state index in [0.717, 1.165) is 6.42 Å². The topological polar surface area (TPSA) is 125 Å². The molecule has 9 heteroatoms. The lowest BCUT2D eigenvalue weighted by Crippen LogP contribution is -2.39. The molecule has 8 nitrogen and oxygen atoms in total. The molecule has 4 rings (SSSR count). The number of sulfonamides is 1. The molecule has 2 heterocycles. The highest BCUT2D eigenvalue weighted by Gasteiger charge is 2.31. The quantitative estimate of drug-likeness (QED) is 0.612. The third-order valence-corrected chi connectivity index (χ3v) is 6.73. The zero-order valence-electron chi connectivity index (χ0n) is 15.5. The minimum Gasteiger partial charge on any atom is -0.391 e. The van der Waals surface area contributed by atoms with Gasteiger partial charge < -0.3 is 14.6 Å². The molecule has 2 aromatic heterocycles. The predicted molar refractivity (Wildman–Crippen MR) is 104 cm³/mol. The number of aromatic amines is 1. The number of nitrogens with zero attached hydrogens (tertiary/aromatic N) is 1. The third-order valence-electron chi connectivity index (χ3n) is 5.20. The molecule has 0 aliphatic heterocycles. The van der Waals surface area contributed by atoms with Crippen molar-refractivity contribution >= 4 is 20.9 Å². The van der Waals surface area contributed by atoms with E-state index in [2.05, 4.69) is 14.9 Å². The maximum Gasteiger partial charge on any atom is 0.248 e. The van der Waals surface area contributed by atoms with Gasteiger partial charge >= 0.3 is 0 Å². The number of pyridine rings is 1. The van der Waals surface area contributed by atoms with Crippen LogP contribution >= 0.6 is 0 Å². The van der Waals surface area contributed by atoms with Gasteiger partial charge in [-0.15, -0.1) is 0 Å². The van der Waals surface area contributed by atoms with Crippen LogP contribution in [0.3, 0.4) is 0 Å². The van der Waals surface area contributed by atoms with Crippen LogP contribution in [-0.4, -0.2) is 35.8 Å². The number of aliphatic hydroxyl groups is 1. The lowest BCUT2D eigenvalue weighted by molar-refractivity contribution is 0.159. The fourth-order valence-corrected chi connectivity index (χ4v) is 5.39. The summed E-state index contributed by atoms with van der Waals surface area (Å²) in [6.45, 7) is 3.51. The second-order valence-electron chi connectivity index (χ2n) is 7.18. The largest absolute Gasteiger partial charge is 0.391 e. The smallest absolute Gasteiger partial charge is 0.248 e. The summed E-state index contributed by atoms with van der Waals surface area (Å²) < 4.78 is 34.2. The number of nitrogens with one attached hydrogen (secondary N) is 2. The Morgan fingerprint density at radius 2 is 2.04 bits per heavy atom. The van der Waals surface area contributed by atoms with Gasteiger partial charge in [0.15, 0.2) is 0 Å². The van der Waals surface area contributed by atoms with Crippen LogP contribution in [0, 0.1) is 13.8 Å². The molecule has 1 aromatic carbocycles. The highest BCUT2D eigenvalue weighted by Crippen LogP contribution is 2.33. The lowest BCUT2D eigenvalue weighted by Gasteiger charge is -2.18. The van der Waals surface area contributed by atoms with Crippen molar-refractivity contribution in [1.29, 1.82) is 0 Å². The number of hydrogen-bond acceptors (Lipinski definition) is 6. The zero-order valence-corrected chi connectivity index (χ0v) is 16.3. The van der Waals surface area contributed by atoms with Gasteiger partial charge in [0.1, 0.15) is 5.76 Å². The molecule has 1 aliphatic carbocycles. The van der Waals surface area contributed by atoms with Gasteiger partial charge in [-0.2, -0.15) is 0 Å². The van der Waals surface area contributed by atoms with Crippen molar-refractivity contribution in [1.82, 2.24) is 14.9 Å². The first-order valence-electron chi connectivity index (χ1n) is 9.07. The Balaban J connectivity index is 1.92. The summed E-state index contributed by atoms with van der Waals surface area (Å²) in [5, 5.41) is 14.4. The van der Waals surface area contributed by atoms with Gasteiger partial charge in [0, 0.05) is 23.1 Å². The van der Waals surface area contributed by atoms with E-state index in [1.165, 1.54) is 12.1 Å². The summed E-state index contributed by atoms with van der Waals surface area (Å²) in [5.74, 6) is 0.553. The Labute approximate surface area is 161 Å². The van der Waals surface area contributed by atoms with E-state index in [1.807, 2.05) is 0 Å². The molecule has 28 heavy (non-hydrogen) atoms. The van der Waals surface area contributed by atoms with Crippen LogP contribution in [0.15, 0.2) is 38.5 Å². The monoisotopic (exact) mass is 403 g/mol. The molecular weight excluding hydrogens is 382 g/mol. The normalized spacial score (nSPS) is 20.1. The molecule has 0 unspecified atom stereocenters. The fraction of sp³-hybridized carbons (Fsp3) is 0.368. The Hall–Kier alpha value is -2.49. The second-order valence-corrected chi connectivity index (χ2v) is 8.87. The SMILES string of the molecule is Cc1noc(C)c1-c1cc(S(=O)(=O)N[C@@H]2CCC[C@H]2O)c2ccc(=O)[nH]c2c1. The number of benzene rings is 1. The molecule has 0 radical (unpaired) electrons. The first-order valence-corrected chi connectivity index (χ1v) is 10.6. The van der Waals surface area contributed by atoms with E-state index in [4.69, 9.17) is 4.52 Å². The molecule has 0 spiro atoms. The summed E-state index contributed by atoms with van der Waals surface area (Å²) in [6, 6.07) is 5.53. The van der Waals surface area contributed by atoms with Crippen LogP contribution in [0.4, 0.5) is 0 Å². The molecule has 1 aliphatic rings. The Bertz CT molecular complexity index is 1190. The van der Waals surface area contributed by atoms with Gasteiger partial charge in [0.2, 0.25) is 15.6 Å². The predicted octanol–water partition coefficient (Wildman–Crippen LogP) is 1.99. The van der Waals surface area contributed by atoms with E-state index in [1.54, 1.807) is 26.0 Å². The number of H-pyrrole nitrogens is 1. The molecular formula is C19H21N3O5S. The van der Waals surface area contributed by atoms with Crippen molar-refractivity contribution < 1.29 is 18.0 Å². The molecule has 1 fully saturated rings. The Morgan fingerprint density at radius 1 is 1.25 bits per heavy atom. The number of rotatable bonds is 4. The van der Waals surface area contributed by atoms with Gasteiger partial charge in [-0.25, -0.2) is 13.1 Å². The van der Waals surface area contributed by atoms with Gasteiger partial charge in [0.25, 0.3) is 0 Å².